The van der Waals surface area contributed by atoms with Crippen LogP contribution >= 0.6 is 7.92 Å². The molecule has 0 amide bonds. The number of nitrogens with one attached hydrogen (secondary N) is 1. The topological polar surface area (TPSA) is 24.4 Å². The summed E-state index contributed by atoms with van der Waals surface area (Å²) >= 11 is 0. The quantitative estimate of drug-likeness (QED) is 0.520. The van der Waals surface area contributed by atoms with E-state index in [9.17, 15) is 0 Å². The fourth-order valence-corrected chi connectivity index (χ4v) is 29.2. The van der Waals surface area contributed by atoms with E-state index in [4.69, 9.17) is 5.10 Å². The van der Waals surface area contributed by atoms with Gasteiger partial charge >= 0.3 is 0 Å². The number of hydrogen-bond acceptors (Lipinski definition) is 2. The van der Waals surface area contributed by atoms with Gasteiger partial charge in [-0.25, -0.2) is 0 Å². The molecule has 21 heavy (non-hydrogen) atoms. The summed E-state index contributed by atoms with van der Waals surface area (Å²) < 4.78 is 0.323. The molecule has 0 saturated carbocycles. The molecule has 0 aromatic rings. The molecule has 0 spiro atoms. The molecule has 1 heterocycles. The molecule has 0 aliphatic carbocycles. The van der Waals surface area contributed by atoms with Gasteiger partial charge in [-0.2, -0.15) is 5.10 Å². The van der Waals surface area contributed by atoms with Crippen LogP contribution in [0.2, 0.25) is 58.9 Å². The fourth-order valence-electron chi connectivity index (χ4n) is 3.85. The first-order valence-electron chi connectivity index (χ1n) is 8.12. The first kappa shape index (κ1) is 19.6. The lowest BCUT2D eigenvalue weighted by Gasteiger charge is -2.56. The van der Waals surface area contributed by atoms with E-state index in [1.807, 2.05) is 0 Å². The van der Waals surface area contributed by atoms with E-state index in [-0.39, 0.29) is 7.92 Å². The lowest BCUT2D eigenvalue weighted by atomic mass is 10.3. The number of nitrogens with zero attached hydrogens (tertiary/aromatic N) is 1. The van der Waals surface area contributed by atoms with E-state index in [2.05, 4.69) is 85.1 Å². The molecule has 1 N–H and O–H groups in total. The third-order valence-electron chi connectivity index (χ3n) is 4.38. The molecule has 1 unspecified atom stereocenters. The summed E-state index contributed by atoms with van der Waals surface area (Å²) in [5.74, 6) is 0. The molecule has 1 aliphatic rings. The molecule has 1 rings (SSSR count). The van der Waals surface area contributed by atoms with Crippen molar-refractivity contribution in [2.24, 2.45) is 5.10 Å². The van der Waals surface area contributed by atoms with Crippen molar-refractivity contribution in [3.05, 3.63) is 0 Å². The van der Waals surface area contributed by atoms with Crippen LogP contribution in [0, 0.1) is 0 Å². The minimum atomic E-state index is -1.42. The summed E-state index contributed by atoms with van der Waals surface area (Å²) in [5, 5.41) is 6.99. The second-order valence-corrected chi connectivity index (χ2v) is 30.9. The molecule has 0 bridgehead atoms. The van der Waals surface area contributed by atoms with Gasteiger partial charge in [0.1, 0.15) is 8.07 Å². The number of rotatable bonds is 3. The largest absolute Gasteiger partial charge is 0.306 e. The Balaban J connectivity index is 3.63. The van der Waals surface area contributed by atoms with Crippen molar-refractivity contribution in [1.82, 2.24) is 5.43 Å². The van der Waals surface area contributed by atoms with Crippen LogP contribution in [-0.2, 0) is 0 Å². The normalized spacial score (nSPS) is 23.8. The van der Waals surface area contributed by atoms with Crippen LogP contribution < -0.4 is 5.43 Å². The van der Waals surface area contributed by atoms with E-state index in [1.165, 1.54) is 0 Å². The highest BCUT2D eigenvalue weighted by atomic mass is 31.1. The van der Waals surface area contributed by atoms with Crippen molar-refractivity contribution < 1.29 is 0 Å². The predicted octanol–water partition coefficient (Wildman–Crippen LogP) is 5.51. The van der Waals surface area contributed by atoms with Gasteiger partial charge in [0.15, 0.2) is 0 Å². The summed E-state index contributed by atoms with van der Waals surface area (Å²) in [6, 6.07) is 0. The molecular formula is C15H37N2PSi3. The molecule has 0 saturated heterocycles. The minimum Gasteiger partial charge on any atom is -0.306 e. The van der Waals surface area contributed by atoms with Gasteiger partial charge in [-0.3, -0.25) is 0 Å². The van der Waals surface area contributed by atoms with Crippen LogP contribution in [0.5, 0.6) is 0 Å². The Morgan fingerprint density at radius 3 is 1.48 bits per heavy atom. The predicted molar refractivity (Wildman–Crippen MR) is 110 cm³/mol. The Kier molecular flexibility index (Phi) is 4.93. The van der Waals surface area contributed by atoms with Crippen LogP contribution in [0.3, 0.4) is 0 Å². The fraction of sp³-hybridized carbons (Fsp3) is 0.933. The Bertz CT molecular complexity index is 420. The zero-order chi connectivity index (χ0) is 17.1. The molecule has 124 valence electrons. The van der Waals surface area contributed by atoms with Crippen molar-refractivity contribution >= 4 is 37.2 Å². The maximum absolute atomic E-state index is 5.07. The highest BCUT2D eigenvalue weighted by molar-refractivity contribution is 7.89. The molecule has 1 atom stereocenters. The molecular weight excluding hydrogens is 323 g/mol. The van der Waals surface area contributed by atoms with Crippen LogP contribution in [0.25, 0.3) is 0 Å². The Hall–Kier alpha value is 0.551. The zero-order valence-corrected chi connectivity index (χ0v) is 20.3. The smallest absolute Gasteiger partial charge is 0.104 e. The van der Waals surface area contributed by atoms with Gasteiger partial charge in [0, 0.05) is 5.08 Å². The van der Waals surface area contributed by atoms with Gasteiger partial charge in [-0.05, 0) is 13.1 Å². The second kappa shape index (κ2) is 5.29. The van der Waals surface area contributed by atoms with Gasteiger partial charge in [0.25, 0.3) is 0 Å². The van der Waals surface area contributed by atoms with Crippen molar-refractivity contribution in [3.8, 4) is 0 Å². The summed E-state index contributed by atoms with van der Waals surface area (Å²) in [6.07, 6.45) is 0. The van der Waals surface area contributed by atoms with Crippen molar-refractivity contribution in [2.45, 2.75) is 89.4 Å². The molecule has 0 fully saturated rings. The van der Waals surface area contributed by atoms with E-state index >= 15 is 0 Å². The average molecular weight is 361 g/mol. The van der Waals surface area contributed by atoms with Crippen molar-refractivity contribution in [1.29, 1.82) is 0 Å². The summed E-state index contributed by atoms with van der Waals surface area (Å²) in [6.45, 7) is 30.1. The maximum Gasteiger partial charge on any atom is 0.104 e. The van der Waals surface area contributed by atoms with E-state index in [0.717, 1.165) is 0 Å². The summed E-state index contributed by atoms with van der Waals surface area (Å²) in [7, 11) is -4.45. The highest BCUT2D eigenvalue weighted by Gasteiger charge is 2.64. The highest BCUT2D eigenvalue weighted by Crippen LogP contribution is 2.68. The van der Waals surface area contributed by atoms with Gasteiger partial charge in [-0.1, -0.05) is 79.7 Å². The SMILES string of the molecule is CC(C)(C)P1C([Si](C)(C)C)=NNC1([Si](C)(C)C)[Si](C)(C)C. The van der Waals surface area contributed by atoms with Crippen molar-refractivity contribution in [2.75, 3.05) is 0 Å². The van der Waals surface area contributed by atoms with Crippen LogP contribution in [-0.4, -0.2) is 39.0 Å². The number of hydrogen-bond donors (Lipinski definition) is 1. The maximum atomic E-state index is 5.07. The Labute approximate surface area is 137 Å². The Morgan fingerprint density at radius 2 is 1.24 bits per heavy atom. The van der Waals surface area contributed by atoms with Crippen LogP contribution in [0.4, 0.5) is 0 Å². The molecule has 0 aromatic carbocycles. The second-order valence-electron chi connectivity index (χ2n) is 10.5. The van der Waals surface area contributed by atoms with Crippen molar-refractivity contribution in [3.63, 3.8) is 0 Å². The molecule has 6 heteroatoms. The number of hydrazone groups is 1. The first-order valence-corrected chi connectivity index (χ1v) is 20.0. The van der Waals surface area contributed by atoms with E-state index in [1.54, 1.807) is 5.08 Å². The molecule has 0 radical (unpaired) electrons. The van der Waals surface area contributed by atoms with Gasteiger partial charge < -0.3 is 5.43 Å². The third-order valence-corrected chi connectivity index (χ3v) is 25.6. The third kappa shape index (κ3) is 3.26. The average Bonchev–Trinajstić information content (AvgIpc) is 2.53. The summed E-state index contributed by atoms with van der Waals surface area (Å²) in [5.41, 5.74) is 3.84. The summed E-state index contributed by atoms with van der Waals surface area (Å²) in [4.78, 5) is 0. The monoisotopic (exact) mass is 360 g/mol. The lowest BCUT2D eigenvalue weighted by Crippen LogP contribution is -2.71. The standard InChI is InChI=1S/C15H37N2PSi3/c1-14(2,3)18-13(19(4,5)6)16-17-15(18,20(7,8)9)21(10,11)12/h17H,1-12H3. The van der Waals surface area contributed by atoms with Crippen LogP contribution in [0.15, 0.2) is 5.10 Å². The van der Waals surface area contributed by atoms with Gasteiger partial charge in [0.05, 0.1) is 20.7 Å². The molecule has 1 aliphatic heterocycles. The van der Waals surface area contributed by atoms with Gasteiger partial charge in [-0.15, -0.1) is 0 Å². The van der Waals surface area contributed by atoms with E-state index in [0.29, 0.717) is 9.68 Å². The first-order chi connectivity index (χ1) is 8.96. The van der Waals surface area contributed by atoms with Crippen LogP contribution in [0.1, 0.15) is 20.8 Å². The lowest BCUT2D eigenvalue weighted by molar-refractivity contribution is 0.713. The minimum absolute atomic E-state index is 0.237. The molecule has 2 nitrogen and oxygen atoms in total. The zero-order valence-electron chi connectivity index (χ0n) is 16.4. The Morgan fingerprint density at radius 1 is 0.857 bits per heavy atom. The molecule has 0 aromatic heterocycles. The van der Waals surface area contributed by atoms with E-state index < -0.39 is 24.2 Å². The van der Waals surface area contributed by atoms with Gasteiger partial charge in [0.2, 0.25) is 0 Å².